The maximum atomic E-state index is 14.3. The van der Waals surface area contributed by atoms with E-state index in [1.165, 1.54) is 16.9 Å². The fourth-order valence-corrected chi connectivity index (χ4v) is 7.12. The van der Waals surface area contributed by atoms with E-state index in [2.05, 4.69) is 68.9 Å². The number of nitrogens with zero attached hydrogens (tertiary/aromatic N) is 3. The van der Waals surface area contributed by atoms with Crippen LogP contribution in [0.1, 0.15) is 70.9 Å². The number of rotatable bonds is 9. The van der Waals surface area contributed by atoms with Crippen LogP contribution in [0.5, 0.6) is 11.6 Å². The van der Waals surface area contributed by atoms with E-state index < -0.39 is 11.7 Å². The summed E-state index contributed by atoms with van der Waals surface area (Å²) in [5, 5.41) is 12.2. The second-order valence-electron chi connectivity index (χ2n) is 12.7. The number of piperazine rings is 1. The first-order chi connectivity index (χ1) is 22.7. The van der Waals surface area contributed by atoms with E-state index in [1.807, 2.05) is 25.1 Å². The van der Waals surface area contributed by atoms with Gasteiger partial charge in [-0.2, -0.15) is 0 Å². The van der Waals surface area contributed by atoms with Crippen LogP contribution in [0.25, 0.3) is 11.1 Å². The van der Waals surface area contributed by atoms with E-state index in [0.717, 1.165) is 48.0 Å². The molecule has 1 saturated carbocycles. The van der Waals surface area contributed by atoms with Gasteiger partial charge in [0.15, 0.2) is 0 Å². The van der Waals surface area contributed by atoms with Crippen LogP contribution in [-0.4, -0.2) is 63.9 Å². The highest BCUT2D eigenvalue weighted by atomic mass is 32.1. The largest absolute Gasteiger partial charge is 0.438 e. The second-order valence-corrected chi connectivity index (χ2v) is 13.8. The highest BCUT2D eigenvalue weighted by molar-refractivity contribution is 7.09. The van der Waals surface area contributed by atoms with Gasteiger partial charge in [-0.15, -0.1) is 11.3 Å². The molecule has 2 aliphatic rings. The summed E-state index contributed by atoms with van der Waals surface area (Å²) in [7, 11) is 0. The third-order valence-electron chi connectivity index (χ3n) is 8.69. The Labute approximate surface area is 279 Å². The highest BCUT2D eigenvalue weighted by Gasteiger charge is 2.26. The molecule has 0 spiro atoms. The van der Waals surface area contributed by atoms with Crippen molar-refractivity contribution in [3.8, 4) is 22.8 Å². The Hall–Kier alpha value is -4.19. The quantitative estimate of drug-likeness (QED) is 0.200. The predicted molar refractivity (Wildman–Crippen MR) is 181 cm³/mol. The average Bonchev–Trinajstić information content (AvgIpc) is 3.49. The highest BCUT2D eigenvalue weighted by Crippen LogP contribution is 2.29. The molecule has 0 unspecified atom stereocenters. The topological polar surface area (TPSA) is 108 Å². The number of halogens is 1. The smallest absolute Gasteiger partial charge is 0.270 e. The predicted octanol–water partition coefficient (Wildman–Crippen LogP) is 6.10. The number of aromatic nitrogens is 2. The molecule has 1 saturated heterocycles. The maximum Gasteiger partial charge on any atom is 0.270 e. The molecule has 3 N–H and O–H groups in total. The zero-order valence-corrected chi connectivity index (χ0v) is 27.8. The third-order valence-corrected chi connectivity index (χ3v) is 9.46. The van der Waals surface area contributed by atoms with Crippen LogP contribution < -0.4 is 20.7 Å². The van der Waals surface area contributed by atoms with Gasteiger partial charge < -0.3 is 20.7 Å². The maximum absolute atomic E-state index is 14.3. The number of carbonyl (C=O) groups excluding carboxylic acids is 2. The molecule has 2 amide bonds. The lowest BCUT2D eigenvalue weighted by molar-refractivity contribution is 0.0888. The molecule has 47 heavy (non-hydrogen) atoms. The average molecular weight is 657 g/mol. The Morgan fingerprint density at radius 3 is 2.30 bits per heavy atom. The van der Waals surface area contributed by atoms with Crippen molar-refractivity contribution < 1.29 is 18.7 Å². The lowest BCUT2D eigenvalue weighted by Gasteiger charge is -2.36. The molecule has 2 fully saturated rings. The molecule has 6 rings (SSSR count). The van der Waals surface area contributed by atoms with Crippen LogP contribution in [0.3, 0.4) is 0 Å². The van der Waals surface area contributed by atoms with Crippen LogP contribution in [0, 0.1) is 12.7 Å². The van der Waals surface area contributed by atoms with E-state index in [9.17, 15) is 14.0 Å². The van der Waals surface area contributed by atoms with E-state index in [1.54, 1.807) is 11.4 Å². The monoisotopic (exact) mass is 656 g/mol. The van der Waals surface area contributed by atoms with Crippen molar-refractivity contribution in [2.45, 2.75) is 77.2 Å². The first kappa shape index (κ1) is 32.7. The first-order valence-corrected chi connectivity index (χ1v) is 17.1. The minimum absolute atomic E-state index is 0.00993. The fraction of sp³-hybridized carbons (Fsp3) is 0.389. The Bertz CT molecular complexity index is 1700. The van der Waals surface area contributed by atoms with Gasteiger partial charge in [0, 0.05) is 49.2 Å². The van der Waals surface area contributed by atoms with Gasteiger partial charge in [-0.3, -0.25) is 14.5 Å². The molecular formula is C36H41FN6O3S. The third kappa shape index (κ3) is 8.59. The molecule has 2 aromatic heterocycles. The molecular weight excluding hydrogens is 616 g/mol. The molecule has 4 aromatic rings. The van der Waals surface area contributed by atoms with Crippen molar-refractivity contribution in [3.63, 3.8) is 0 Å². The minimum Gasteiger partial charge on any atom is -0.438 e. The number of benzene rings is 2. The molecule has 2 atom stereocenters. The summed E-state index contributed by atoms with van der Waals surface area (Å²) in [5.74, 6) is -0.710. The molecule has 0 radical (unpaired) electrons. The van der Waals surface area contributed by atoms with E-state index >= 15 is 0 Å². The van der Waals surface area contributed by atoms with Gasteiger partial charge in [0.25, 0.3) is 11.8 Å². The van der Waals surface area contributed by atoms with E-state index in [-0.39, 0.29) is 29.4 Å². The number of amides is 2. The van der Waals surface area contributed by atoms with Crippen LogP contribution in [0.2, 0.25) is 0 Å². The summed E-state index contributed by atoms with van der Waals surface area (Å²) < 4.78 is 20.4. The molecule has 9 nitrogen and oxygen atoms in total. The van der Waals surface area contributed by atoms with Gasteiger partial charge in [-0.25, -0.2) is 14.4 Å². The Morgan fingerprint density at radius 1 is 0.957 bits per heavy atom. The Kier molecular flexibility index (Phi) is 10.2. The number of aryl methyl sites for hydroxylation is 1. The van der Waals surface area contributed by atoms with Gasteiger partial charge >= 0.3 is 0 Å². The molecule has 11 heteroatoms. The molecule has 1 aliphatic heterocycles. The van der Waals surface area contributed by atoms with Crippen molar-refractivity contribution in [2.24, 2.45) is 0 Å². The lowest BCUT2D eigenvalue weighted by Crippen LogP contribution is -2.53. The number of nitrogens with one attached hydrogen (secondary N) is 3. The zero-order valence-electron chi connectivity index (χ0n) is 27.0. The van der Waals surface area contributed by atoms with Crippen molar-refractivity contribution >= 4 is 23.2 Å². The molecule has 1 aliphatic carbocycles. The molecule has 246 valence electrons. The van der Waals surface area contributed by atoms with Crippen LogP contribution in [0.15, 0.2) is 66.2 Å². The summed E-state index contributed by atoms with van der Waals surface area (Å²) in [4.78, 5) is 36.7. The molecule has 0 bridgehead atoms. The number of thiazole rings is 1. The van der Waals surface area contributed by atoms with Crippen molar-refractivity contribution in [1.29, 1.82) is 0 Å². The number of hydrogen-bond acceptors (Lipinski definition) is 8. The summed E-state index contributed by atoms with van der Waals surface area (Å²) in [6.45, 7) is 9.27. The van der Waals surface area contributed by atoms with Gasteiger partial charge in [-0.1, -0.05) is 36.4 Å². The van der Waals surface area contributed by atoms with Crippen LogP contribution >= 0.6 is 11.3 Å². The summed E-state index contributed by atoms with van der Waals surface area (Å²) in [5.41, 5.74) is 3.73. The standard InChI is InChI=1S/C36H41FN6O3S/c1-22-18-43(19-23(2)39-22)20-25-7-9-26(10-8-25)27-5-4-6-31(15-27)46-36-32(16-28(37)17-38-36)34(44)41-29-11-13-30(14-12-29)42-35(45)33-21-47-24(3)40-33/h4-10,15-17,21-23,29-30,39H,11-14,18-20H2,1-3H3,(H,41,44)(H,42,45)/t22-,23+,29?,30?. The van der Waals surface area contributed by atoms with Crippen molar-refractivity contribution in [1.82, 2.24) is 30.8 Å². The Balaban J connectivity index is 1.06. The molecule has 2 aromatic carbocycles. The molecule has 3 heterocycles. The van der Waals surface area contributed by atoms with Crippen LogP contribution in [-0.2, 0) is 6.54 Å². The lowest BCUT2D eigenvalue weighted by atomic mass is 9.91. The fourth-order valence-electron chi connectivity index (χ4n) is 6.52. The van der Waals surface area contributed by atoms with Gasteiger partial charge in [0.1, 0.15) is 22.8 Å². The SMILES string of the molecule is Cc1nc(C(=O)NC2CCC(NC(=O)c3cc(F)cnc3Oc3cccc(-c4ccc(CN5C[C@@H](C)N[C@@H](C)C5)cc4)c3)CC2)cs1. The number of hydrogen-bond donors (Lipinski definition) is 3. The number of carbonyl (C=O) groups is 2. The minimum atomic E-state index is -0.621. The van der Waals surface area contributed by atoms with Gasteiger partial charge in [0.2, 0.25) is 5.88 Å². The van der Waals surface area contributed by atoms with E-state index in [0.29, 0.717) is 49.2 Å². The van der Waals surface area contributed by atoms with Crippen LogP contribution in [0.4, 0.5) is 4.39 Å². The second kappa shape index (κ2) is 14.7. The zero-order chi connectivity index (χ0) is 32.9. The van der Waals surface area contributed by atoms with E-state index in [4.69, 9.17) is 4.74 Å². The number of ether oxygens (including phenoxy) is 1. The summed E-state index contributed by atoms with van der Waals surface area (Å²) in [6, 6.07) is 18.1. The number of pyridine rings is 1. The van der Waals surface area contributed by atoms with Crippen molar-refractivity contribution in [3.05, 3.63) is 93.8 Å². The normalized spacial score (nSPS) is 21.6. The summed E-state index contributed by atoms with van der Waals surface area (Å²) in [6.07, 6.45) is 3.84. The van der Waals surface area contributed by atoms with Gasteiger partial charge in [0.05, 0.1) is 11.2 Å². The summed E-state index contributed by atoms with van der Waals surface area (Å²) >= 11 is 1.44. The van der Waals surface area contributed by atoms with Crippen molar-refractivity contribution in [2.75, 3.05) is 13.1 Å². The first-order valence-electron chi connectivity index (χ1n) is 16.2. The van der Waals surface area contributed by atoms with Gasteiger partial charge in [-0.05, 0) is 81.3 Å². The Morgan fingerprint density at radius 2 is 1.64 bits per heavy atom.